The van der Waals surface area contributed by atoms with Gasteiger partial charge in [-0.05, 0) is 42.7 Å². The summed E-state index contributed by atoms with van der Waals surface area (Å²) < 4.78 is 3.97. The van der Waals surface area contributed by atoms with Gasteiger partial charge < -0.3 is 9.67 Å². The standard InChI is InChI=1S/C27H35N3O3/c1-5-9-20(27(32)33)23-22(19-13-11-18(12-14-19)17(3)4)24-25(30(15-6-2)26(23)31)28-21-10-7-8-16-29(21)24/h11-14,17,20H,5-10,15-16H2,1-4H3,(H,32,33). The van der Waals surface area contributed by atoms with Crippen molar-refractivity contribution in [2.45, 2.75) is 91.1 Å². The van der Waals surface area contributed by atoms with Gasteiger partial charge in [-0.2, -0.15) is 0 Å². The average molecular weight is 450 g/mol. The van der Waals surface area contributed by atoms with Gasteiger partial charge in [0.1, 0.15) is 5.82 Å². The molecule has 0 spiro atoms. The number of fused-ring (bicyclic) bond motifs is 3. The molecule has 0 aliphatic carbocycles. The van der Waals surface area contributed by atoms with Crippen LogP contribution in [-0.2, 0) is 24.3 Å². The van der Waals surface area contributed by atoms with E-state index in [1.54, 1.807) is 4.57 Å². The summed E-state index contributed by atoms with van der Waals surface area (Å²) in [5.74, 6) is -0.384. The Balaban J connectivity index is 2.14. The summed E-state index contributed by atoms with van der Waals surface area (Å²) in [7, 11) is 0. The molecule has 6 heteroatoms. The lowest BCUT2D eigenvalue weighted by molar-refractivity contribution is -0.139. The van der Waals surface area contributed by atoms with E-state index in [1.807, 2.05) is 26.0 Å². The van der Waals surface area contributed by atoms with Crippen LogP contribution in [0.25, 0.3) is 22.3 Å². The molecule has 3 heterocycles. The maximum Gasteiger partial charge on any atom is 0.311 e. The molecule has 1 aliphatic heterocycles. The number of pyridine rings is 1. The van der Waals surface area contributed by atoms with Crippen molar-refractivity contribution in [1.29, 1.82) is 0 Å². The average Bonchev–Trinajstić information content (AvgIpc) is 3.18. The minimum atomic E-state index is -0.935. The maximum atomic E-state index is 13.9. The van der Waals surface area contributed by atoms with Crippen molar-refractivity contribution in [2.75, 3.05) is 0 Å². The molecule has 0 saturated carbocycles. The molecule has 1 N–H and O–H groups in total. The molecular weight excluding hydrogens is 414 g/mol. The Morgan fingerprint density at radius 1 is 1.12 bits per heavy atom. The van der Waals surface area contributed by atoms with Crippen LogP contribution in [0.3, 0.4) is 0 Å². The fourth-order valence-corrected chi connectivity index (χ4v) is 5.14. The molecule has 176 valence electrons. The smallest absolute Gasteiger partial charge is 0.311 e. The second-order valence-electron chi connectivity index (χ2n) is 9.51. The van der Waals surface area contributed by atoms with Crippen LogP contribution in [0.1, 0.15) is 88.6 Å². The minimum Gasteiger partial charge on any atom is -0.481 e. The molecule has 2 aromatic heterocycles. The normalized spacial score (nSPS) is 14.6. The number of hydrogen-bond acceptors (Lipinski definition) is 3. The molecule has 0 bridgehead atoms. The zero-order chi connectivity index (χ0) is 23.7. The Bertz CT molecular complexity index is 1220. The summed E-state index contributed by atoms with van der Waals surface area (Å²) in [5, 5.41) is 10.2. The number of aliphatic carboxylic acids is 1. The first kappa shape index (κ1) is 23.3. The van der Waals surface area contributed by atoms with E-state index in [2.05, 4.69) is 30.5 Å². The van der Waals surface area contributed by atoms with E-state index in [0.29, 0.717) is 36.5 Å². The van der Waals surface area contributed by atoms with E-state index in [4.69, 9.17) is 4.98 Å². The van der Waals surface area contributed by atoms with E-state index in [9.17, 15) is 14.7 Å². The van der Waals surface area contributed by atoms with Crippen LogP contribution < -0.4 is 5.56 Å². The second kappa shape index (κ2) is 9.54. The van der Waals surface area contributed by atoms with Gasteiger partial charge in [-0.15, -0.1) is 0 Å². The fourth-order valence-electron chi connectivity index (χ4n) is 5.14. The number of nitrogens with zero attached hydrogens (tertiary/aromatic N) is 3. The molecule has 3 aromatic rings. The molecule has 1 unspecified atom stereocenters. The molecule has 1 aromatic carbocycles. The molecule has 4 rings (SSSR count). The molecule has 1 aliphatic rings. The number of carboxylic acids is 1. The summed E-state index contributed by atoms with van der Waals surface area (Å²) in [4.78, 5) is 31.3. The van der Waals surface area contributed by atoms with E-state index >= 15 is 0 Å². The lowest BCUT2D eigenvalue weighted by Gasteiger charge is -2.22. The van der Waals surface area contributed by atoms with Crippen LogP contribution >= 0.6 is 0 Å². The Morgan fingerprint density at radius 3 is 2.45 bits per heavy atom. The van der Waals surface area contributed by atoms with Crippen LogP contribution in [0.5, 0.6) is 0 Å². The first-order valence-electron chi connectivity index (χ1n) is 12.4. The van der Waals surface area contributed by atoms with E-state index in [-0.39, 0.29) is 5.56 Å². The van der Waals surface area contributed by atoms with Crippen molar-refractivity contribution in [3.05, 3.63) is 51.6 Å². The highest BCUT2D eigenvalue weighted by molar-refractivity contribution is 5.95. The third-order valence-corrected chi connectivity index (χ3v) is 6.83. The van der Waals surface area contributed by atoms with Crippen molar-refractivity contribution >= 4 is 17.1 Å². The Kier molecular flexibility index (Phi) is 6.73. The third-order valence-electron chi connectivity index (χ3n) is 6.83. The minimum absolute atomic E-state index is 0.205. The third kappa shape index (κ3) is 4.11. The van der Waals surface area contributed by atoms with Crippen molar-refractivity contribution in [3.8, 4) is 11.1 Å². The summed E-state index contributed by atoms with van der Waals surface area (Å²) >= 11 is 0. The van der Waals surface area contributed by atoms with E-state index in [0.717, 1.165) is 54.7 Å². The monoisotopic (exact) mass is 449 g/mol. The van der Waals surface area contributed by atoms with Gasteiger partial charge in [0.05, 0.1) is 11.4 Å². The van der Waals surface area contributed by atoms with Gasteiger partial charge in [0, 0.05) is 30.6 Å². The van der Waals surface area contributed by atoms with Crippen molar-refractivity contribution in [2.24, 2.45) is 0 Å². The fraction of sp³-hybridized carbons (Fsp3) is 0.519. The first-order chi connectivity index (χ1) is 15.9. The predicted molar refractivity (Wildman–Crippen MR) is 132 cm³/mol. The molecule has 0 amide bonds. The van der Waals surface area contributed by atoms with E-state index in [1.165, 1.54) is 5.56 Å². The topological polar surface area (TPSA) is 77.1 Å². The van der Waals surface area contributed by atoms with Crippen LogP contribution in [-0.4, -0.2) is 25.2 Å². The highest BCUT2D eigenvalue weighted by Gasteiger charge is 2.32. The Hall–Kier alpha value is -2.89. The summed E-state index contributed by atoms with van der Waals surface area (Å²) in [6.45, 7) is 9.69. The Morgan fingerprint density at radius 2 is 1.85 bits per heavy atom. The van der Waals surface area contributed by atoms with E-state index < -0.39 is 11.9 Å². The molecular formula is C27H35N3O3. The number of rotatable bonds is 8. The maximum absolute atomic E-state index is 13.9. The first-order valence-corrected chi connectivity index (χ1v) is 12.4. The summed E-state index contributed by atoms with van der Waals surface area (Å²) in [6, 6.07) is 8.28. The summed E-state index contributed by atoms with van der Waals surface area (Å²) in [5.41, 5.74) is 4.71. The molecule has 0 saturated heterocycles. The molecule has 6 nitrogen and oxygen atoms in total. The number of benzene rings is 1. The predicted octanol–water partition coefficient (Wildman–Crippen LogP) is 5.70. The van der Waals surface area contributed by atoms with Gasteiger partial charge in [-0.3, -0.25) is 14.2 Å². The largest absolute Gasteiger partial charge is 0.481 e. The molecule has 0 radical (unpaired) electrons. The summed E-state index contributed by atoms with van der Waals surface area (Å²) in [6.07, 6.45) is 4.93. The van der Waals surface area contributed by atoms with Gasteiger partial charge in [0.15, 0.2) is 5.65 Å². The SMILES string of the molecule is CCCC(C(=O)O)c1c(-c2ccc(C(C)C)cc2)c2c(nc3n2CCCC3)n(CCC)c1=O. The van der Waals surface area contributed by atoms with Crippen molar-refractivity contribution in [1.82, 2.24) is 14.1 Å². The van der Waals surface area contributed by atoms with Crippen LogP contribution in [0, 0.1) is 0 Å². The lowest BCUT2D eigenvalue weighted by atomic mass is 9.87. The highest BCUT2D eigenvalue weighted by atomic mass is 16.4. The zero-order valence-corrected chi connectivity index (χ0v) is 20.2. The quantitative estimate of drug-likeness (QED) is 0.478. The van der Waals surface area contributed by atoms with Gasteiger partial charge in [-0.25, -0.2) is 4.98 Å². The van der Waals surface area contributed by atoms with Crippen LogP contribution in [0.2, 0.25) is 0 Å². The van der Waals surface area contributed by atoms with Crippen LogP contribution in [0.4, 0.5) is 0 Å². The van der Waals surface area contributed by atoms with Gasteiger partial charge in [-0.1, -0.05) is 58.4 Å². The van der Waals surface area contributed by atoms with Gasteiger partial charge in [0.25, 0.3) is 5.56 Å². The van der Waals surface area contributed by atoms with Crippen molar-refractivity contribution in [3.63, 3.8) is 0 Å². The highest BCUT2D eigenvalue weighted by Crippen LogP contribution is 2.38. The van der Waals surface area contributed by atoms with Gasteiger partial charge in [0.2, 0.25) is 0 Å². The Labute approximate surface area is 195 Å². The number of hydrogen-bond donors (Lipinski definition) is 1. The molecule has 0 fully saturated rings. The molecule has 1 atom stereocenters. The zero-order valence-electron chi connectivity index (χ0n) is 20.2. The number of imidazole rings is 1. The van der Waals surface area contributed by atoms with Crippen LogP contribution in [0.15, 0.2) is 29.1 Å². The number of aryl methyl sites for hydroxylation is 3. The number of carbonyl (C=O) groups is 1. The lowest BCUT2D eigenvalue weighted by Crippen LogP contribution is -2.30. The number of carboxylic acid groups (broad SMARTS) is 1. The molecule has 33 heavy (non-hydrogen) atoms. The second-order valence-corrected chi connectivity index (χ2v) is 9.51. The van der Waals surface area contributed by atoms with Crippen molar-refractivity contribution < 1.29 is 9.90 Å². The number of aromatic nitrogens is 3. The van der Waals surface area contributed by atoms with Gasteiger partial charge >= 0.3 is 5.97 Å².